The minimum atomic E-state index is -1.07. The third kappa shape index (κ3) is 9.91. The number of aromatic hydroxyl groups is 2. The van der Waals surface area contributed by atoms with Crippen LogP contribution in [-0.4, -0.2) is 98.0 Å². The highest BCUT2D eigenvalue weighted by molar-refractivity contribution is 5.93. The zero-order chi connectivity index (χ0) is 32.1. The van der Waals surface area contributed by atoms with Crippen molar-refractivity contribution in [2.75, 3.05) is 40.8 Å². The average molecular weight is 613 g/mol. The molecule has 0 saturated heterocycles. The number of amides is 3. The van der Waals surface area contributed by atoms with Crippen LogP contribution in [0.15, 0.2) is 36.4 Å². The minimum absolute atomic E-state index is 0.0130. The normalized spacial score (nSPS) is 19.7. The van der Waals surface area contributed by atoms with Gasteiger partial charge in [-0.2, -0.15) is 0 Å². The van der Waals surface area contributed by atoms with E-state index in [1.54, 1.807) is 50.5 Å². The first kappa shape index (κ1) is 34.8. The third-order valence-corrected chi connectivity index (χ3v) is 7.99. The lowest BCUT2D eigenvalue weighted by molar-refractivity contribution is -0.133. The van der Waals surface area contributed by atoms with E-state index in [0.717, 1.165) is 24.1 Å². The molecule has 44 heavy (non-hydrogen) atoms. The van der Waals surface area contributed by atoms with Crippen molar-refractivity contribution in [2.24, 2.45) is 0 Å². The van der Waals surface area contributed by atoms with Gasteiger partial charge in [0.1, 0.15) is 23.6 Å². The highest BCUT2D eigenvalue weighted by atomic mass is 16.3. The van der Waals surface area contributed by atoms with Gasteiger partial charge < -0.3 is 47.2 Å². The summed E-state index contributed by atoms with van der Waals surface area (Å²) in [5.74, 6) is -1.37. The number of aliphatic hydroxyl groups excluding tert-OH is 1. The van der Waals surface area contributed by atoms with Crippen molar-refractivity contribution in [3.05, 3.63) is 47.5 Å². The Morgan fingerprint density at radius 1 is 0.864 bits per heavy atom. The van der Waals surface area contributed by atoms with Crippen LogP contribution in [0.25, 0.3) is 11.1 Å². The van der Waals surface area contributed by atoms with Crippen molar-refractivity contribution >= 4 is 17.7 Å². The van der Waals surface area contributed by atoms with E-state index < -0.39 is 35.8 Å². The number of benzene rings is 2. The van der Waals surface area contributed by atoms with Crippen LogP contribution in [-0.2, 0) is 27.2 Å². The Bertz CT molecular complexity index is 1260. The Balaban J connectivity index is 2.05. The van der Waals surface area contributed by atoms with Crippen LogP contribution >= 0.6 is 0 Å². The molecule has 2 aromatic rings. The van der Waals surface area contributed by atoms with E-state index in [-0.39, 0.29) is 37.0 Å². The van der Waals surface area contributed by atoms with Gasteiger partial charge in [0.05, 0.1) is 6.04 Å². The number of phenols is 2. The van der Waals surface area contributed by atoms with Crippen molar-refractivity contribution in [3.8, 4) is 22.6 Å². The van der Waals surface area contributed by atoms with E-state index in [4.69, 9.17) is 0 Å². The number of nitrogens with one attached hydrogen (secondary N) is 6. The predicted molar refractivity (Wildman–Crippen MR) is 169 cm³/mol. The zero-order valence-corrected chi connectivity index (χ0v) is 25.9. The van der Waals surface area contributed by atoms with Gasteiger partial charge in [0.25, 0.3) is 0 Å². The van der Waals surface area contributed by atoms with Crippen LogP contribution in [0.5, 0.6) is 11.5 Å². The number of carbonyl (C=O) groups excluding carboxylic acids is 3. The molecule has 0 radical (unpaired) electrons. The third-order valence-electron chi connectivity index (χ3n) is 7.99. The Labute approximate surface area is 259 Å². The maximum Gasteiger partial charge on any atom is 0.243 e. The van der Waals surface area contributed by atoms with Crippen LogP contribution < -0.4 is 31.9 Å². The van der Waals surface area contributed by atoms with Crippen LogP contribution in [0.2, 0.25) is 0 Å². The van der Waals surface area contributed by atoms with Gasteiger partial charge in [-0.05, 0) is 113 Å². The van der Waals surface area contributed by atoms with Gasteiger partial charge in [-0.25, -0.2) is 0 Å². The van der Waals surface area contributed by atoms with Gasteiger partial charge in [-0.15, -0.1) is 0 Å². The van der Waals surface area contributed by atoms with E-state index >= 15 is 0 Å². The lowest BCUT2D eigenvalue weighted by atomic mass is 9.95. The van der Waals surface area contributed by atoms with Crippen molar-refractivity contribution in [1.82, 2.24) is 31.9 Å². The van der Waals surface area contributed by atoms with E-state index in [0.29, 0.717) is 43.4 Å². The SMILES string of the molecule is CNCCCC(CCO)NC(=O)[C@@H]1Cc2cc(ccc2O)-c2ccc(O)c(c2)C[C@H](NC)C(=O)N[C@@H](CCCNC)C(=O)N1. The van der Waals surface area contributed by atoms with Gasteiger partial charge >= 0.3 is 0 Å². The van der Waals surface area contributed by atoms with Crippen molar-refractivity contribution < 1.29 is 29.7 Å². The number of hydrogen-bond acceptors (Lipinski definition) is 9. The Morgan fingerprint density at radius 2 is 1.48 bits per heavy atom. The Kier molecular flexibility index (Phi) is 13.9. The number of hydrogen-bond donors (Lipinski definition) is 9. The zero-order valence-electron chi connectivity index (χ0n) is 25.9. The predicted octanol–water partition coefficient (Wildman–Crippen LogP) is 0.287. The van der Waals surface area contributed by atoms with Crippen molar-refractivity contribution in [3.63, 3.8) is 0 Å². The summed E-state index contributed by atoms with van der Waals surface area (Å²) in [5.41, 5.74) is 2.49. The number of carbonyl (C=O) groups is 3. The smallest absolute Gasteiger partial charge is 0.243 e. The number of likely N-dealkylation sites (N-methyl/N-ethyl adjacent to an activating group) is 1. The van der Waals surface area contributed by atoms with Gasteiger partial charge in [0, 0.05) is 25.5 Å². The van der Waals surface area contributed by atoms with Gasteiger partial charge in [-0.3, -0.25) is 14.4 Å². The van der Waals surface area contributed by atoms with Crippen LogP contribution in [0, 0.1) is 0 Å². The number of fused-ring (bicyclic) bond motifs is 5. The van der Waals surface area contributed by atoms with E-state index in [1.165, 1.54) is 0 Å². The lowest BCUT2D eigenvalue weighted by Gasteiger charge is -2.27. The molecule has 1 heterocycles. The first-order valence-electron chi connectivity index (χ1n) is 15.3. The van der Waals surface area contributed by atoms with E-state index in [2.05, 4.69) is 31.9 Å². The lowest BCUT2D eigenvalue weighted by Crippen LogP contribution is -2.57. The van der Waals surface area contributed by atoms with Gasteiger partial charge in [-0.1, -0.05) is 12.1 Å². The molecule has 3 rings (SSSR count). The summed E-state index contributed by atoms with van der Waals surface area (Å²) >= 11 is 0. The fourth-order valence-corrected chi connectivity index (χ4v) is 5.40. The topological polar surface area (TPSA) is 184 Å². The van der Waals surface area contributed by atoms with Crippen molar-refractivity contribution in [2.45, 2.75) is 69.1 Å². The molecule has 0 spiro atoms. The van der Waals surface area contributed by atoms with Crippen molar-refractivity contribution in [1.29, 1.82) is 0 Å². The fourth-order valence-electron chi connectivity index (χ4n) is 5.40. The first-order valence-corrected chi connectivity index (χ1v) is 15.3. The molecule has 12 heteroatoms. The quantitative estimate of drug-likeness (QED) is 0.144. The Hall–Kier alpha value is -3.71. The summed E-state index contributed by atoms with van der Waals surface area (Å²) in [6.07, 6.45) is 2.83. The molecule has 0 saturated carbocycles. The molecule has 12 nitrogen and oxygen atoms in total. The Morgan fingerprint density at radius 3 is 2.07 bits per heavy atom. The monoisotopic (exact) mass is 612 g/mol. The second-order valence-corrected chi connectivity index (χ2v) is 11.3. The summed E-state index contributed by atoms with van der Waals surface area (Å²) < 4.78 is 0. The highest BCUT2D eigenvalue weighted by Crippen LogP contribution is 2.31. The molecule has 242 valence electrons. The van der Waals surface area contributed by atoms with Crippen LogP contribution in [0.4, 0.5) is 0 Å². The summed E-state index contributed by atoms with van der Waals surface area (Å²) in [5, 5.41) is 48.8. The number of phenolic OH excluding ortho intramolecular Hbond substituents is 2. The van der Waals surface area contributed by atoms with E-state index in [9.17, 15) is 29.7 Å². The van der Waals surface area contributed by atoms with Crippen LogP contribution in [0.3, 0.4) is 0 Å². The summed E-state index contributed by atoms with van der Waals surface area (Å²) in [4.78, 5) is 40.9. The molecule has 1 aliphatic heterocycles. The first-order chi connectivity index (χ1) is 21.2. The number of rotatable bonds is 13. The molecule has 0 aliphatic carbocycles. The molecule has 1 unspecified atom stereocenters. The molecular weight excluding hydrogens is 564 g/mol. The maximum atomic E-state index is 13.7. The second kappa shape index (κ2) is 17.6. The van der Waals surface area contributed by atoms with Gasteiger partial charge in [0.2, 0.25) is 17.7 Å². The summed E-state index contributed by atoms with van der Waals surface area (Å²) in [6.45, 7) is 1.26. The van der Waals surface area contributed by atoms with Crippen LogP contribution in [0.1, 0.15) is 43.2 Å². The standard InChI is InChI=1S/C32H48N6O6/c1-33-13-4-6-24(12-15-39)36-32(44)27-19-23-17-21(9-11-29(23)41)20-8-10-28(40)22(16-20)18-26(35-3)31(43)37-25(30(42)38-27)7-5-14-34-2/h8-11,16-17,24-27,33-35,39-41H,4-7,12-15,18-19H2,1-3H3,(H,36,44)(H,37,43)(H,38,42)/t24?,25-,26-,27-/m0/s1. The molecule has 4 atom stereocenters. The molecular formula is C32H48N6O6. The largest absolute Gasteiger partial charge is 0.508 e. The van der Waals surface area contributed by atoms with E-state index in [1.807, 2.05) is 7.05 Å². The number of aliphatic hydroxyl groups is 1. The summed E-state index contributed by atoms with van der Waals surface area (Å²) in [6, 6.07) is 7.09. The minimum Gasteiger partial charge on any atom is -0.508 e. The highest BCUT2D eigenvalue weighted by Gasteiger charge is 2.31. The molecule has 0 fully saturated rings. The summed E-state index contributed by atoms with van der Waals surface area (Å²) in [7, 11) is 5.28. The second-order valence-electron chi connectivity index (χ2n) is 11.3. The molecule has 3 amide bonds. The maximum absolute atomic E-state index is 13.7. The molecule has 1 aliphatic rings. The molecule has 4 bridgehead atoms. The average Bonchev–Trinajstić information content (AvgIpc) is 3.00. The molecule has 9 N–H and O–H groups in total. The fraction of sp³-hybridized carbons (Fsp3) is 0.531. The molecule has 0 aromatic heterocycles. The van der Waals surface area contributed by atoms with Gasteiger partial charge in [0.15, 0.2) is 0 Å². The molecule has 2 aromatic carbocycles.